The van der Waals surface area contributed by atoms with E-state index in [0.717, 1.165) is 44.5 Å². The SMILES string of the molecule is COC1CCCC(Oc2ccc(CNCC(C)C)nn2)C1. The fourth-order valence-electron chi connectivity index (χ4n) is 2.59. The molecule has 0 amide bonds. The van der Waals surface area contributed by atoms with Gasteiger partial charge in [-0.3, -0.25) is 0 Å². The van der Waals surface area contributed by atoms with Crippen molar-refractivity contribution in [1.82, 2.24) is 15.5 Å². The fourth-order valence-corrected chi connectivity index (χ4v) is 2.59. The van der Waals surface area contributed by atoms with Crippen molar-refractivity contribution < 1.29 is 9.47 Å². The number of methoxy groups -OCH3 is 1. The summed E-state index contributed by atoms with van der Waals surface area (Å²) < 4.78 is 11.3. The van der Waals surface area contributed by atoms with Crippen LogP contribution in [0.4, 0.5) is 0 Å². The van der Waals surface area contributed by atoms with Gasteiger partial charge in [-0.2, -0.15) is 5.10 Å². The predicted octanol–water partition coefficient (Wildman–Crippen LogP) is 2.56. The second-order valence-electron chi connectivity index (χ2n) is 6.15. The lowest BCUT2D eigenvalue weighted by Crippen LogP contribution is -2.29. The molecule has 1 fully saturated rings. The first-order valence-corrected chi connectivity index (χ1v) is 7.90. The van der Waals surface area contributed by atoms with Crippen LogP contribution in [-0.4, -0.2) is 36.1 Å². The highest BCUT2D eigenvalue weighted by atomic mass is 16.5. The van der Waals surface area contributed by atoms with E-state index in [1.165, 1.54) is 0 Å². The van der Waals surface area contributed by atoms with Crippen molar-refractivity contribution in [3.63, 3.8) is 0 Å². The Kier molecular flexibility index (Phi) is 6.39. The summed E-state index contributed by atoms with van der Waals surface area (Å²) in [6.07, 6.45) is 4.80. The Balaban J connectivity index is 1.79. The van der Waals surface area contributed by atoms with Crippen molar-refractivity contribution in [2.24, 2.45) is 5.92 Å². The number of hydrogen-bond acceptors (Lipinski definition) is 5. The van der Waals surface area contributed by atoms with Crippen LogP contribution in [0, 0.1) is 5.92 Å². The molecule has 2 atom stereocenters. The van der Waals surface area contributed by atoms with Gasteiger partial charge in [0.25, 0.3) is 0 Å². The monoisotopic (exact) mass is 293 g/mol. The van der Waals surface area contributed by atoms with Gasteiger partial charge in [0.1, 0.15) is 6.10 Å². The molecule has 1 heterocycles. The normalized spacial score (nSPS) is 22.5. The van der Waals surface area contributed by atoms with E-state index >= 15 is 0 Å². The Morgan fingerprint density at radius 3 is 2.71 bits per heavy atom. The molecule has 1 aliphatic carbocycles. The zero-order valence-electron chi connectivity index (χ0n) is 13.3. The van der Waals surface area contributed by atoms with Crippen LogP contribution in [-0.2, 0) is 11.3 Å². The van der Waals surface area contributed by atoms with E-state index in [0.29, 0.717) is 17.9 Å². The maximum absolute atomic E-state index is 5.91. The van der Waals surface area contributed by atoms with Crippen LogP contribution in [0.2, 0.25) is 0 Å². The molecule has 5 heteroatoms. The van der Waals surface area contributed by atoms with Gasteiger partial charge in [-0.15, -0.1) is 5.10 Å². The van der Waals surface area contributed by atoms with Gasteiger partial charge in [0.15, 0.2) is 0 Å². The van der Waals surface area contributed by atoms with Gasteiger partial charge in [-0.05, 0) is 37.8 Å². The average Bonchev–Trinajstić information content (AvgIpc) is 2.49. The minimum absolute atomic E-state index is 0.197. The van der Waals surface area contributed by atoms with Crippen molar-refractivity contribution in [1.29, 1.82) is 0 Å². The van der Waals surface area contributed by atoms with Gasteiger partial charge in [-0.25, -0.2) is 0 Å². The van der Waals surface area contributed by atoms with E-state index in [9.17, 15) is 0 Å². The van der Waals surface area contributed by atoms with Gasteiger partial charge in [0.2, 0.25) is 5.88 Å². The van der Waals surface area contributed by atoms with Crippen LogP contribution in [0.15, 0.2) is 12.1 Å². The van der Waals surface area contributed by atoms with Crippen LogP contribution in [0.1, 0.15) is 45.2 Å². The molecule has 0 bridgehead atoms. The smallest absolute Gasteiger partial charge is 0.233 e. The van der Waals surface area contributed by atoms with Crippen molar-refractivity contribution >= 4 is 0 Å². The van der Waals surface area contributed by atoms with E-state index in [1.54, 1.807) is 7.11 Å². The molecule has 118 valence electrons. The largest absolute Gasteiger partial charge is 0.473 e. The Labute approximate surface area is 127 Å². The minimum Gasteiger partial charge on any atom is -0.473 e. The van der Waals surface area contributed by atoms with E-state index < -0.39 is 0 Å². The zero-order valence-corrected chi connectivity index (χ0v) is 13.3. The highest BCUT2D eigenvalue weighted by Crippen LogP contribution is 2.24. The van der Waals surface area contributed by atoms with Crippen LogP contribution in [0.5, 0.6) is 5.88 Å². The van der Waals surface area contributed by atoms with Crippen molar-refractivity contribution in [2.45, 2.75) is 58.3 Å². The summed E-state index contributed by atoms with van der Waals surface area (Å²) in [6.45, 7) is 6.11. The molecule has 0 aromatic carbocycles. The van der Waals surface area contributed by atoms with Gasteiger partial charge < -0.3 is 14.8 Å². The number of hydrogen-bond donors (Lipinski definition) is 1. The molecule has 1 aliphatic rings. The van der Waals surface area contributed by atoms with Gasteiger partial charge >= 0.3 is 0 Å². The molecule has 0 saturated heterocycles. The third-order valence-corrected chi connectivity index (χ3v) is 3.75. The molecular weight excluding hydrogens is 266 g/mol. The van der Waals surface area contributed by atoms with E-state index in [2.05, 4.69) is 29.4 Å². The summed E-state index contributed by atoms with van der Waals surface area (Å²) in [5.74, 6) is 1.25. The van der Waals surface area contributed by atoms with Crippen molar-refractivity contribution in [2.75, 3.05) is 13.7 Å². The number of nitrogens with zero attached hydrogens (tertiary/aromatic N) is 2. The first-order valence-electron chi connectivity index (χ1n) is 7.90. The Bertz CT molecular complexity index is 408. The lowest BCUT2D eigenvalue weighted by molar-refractivity contribution is 0.0192. The van der Waals surface area contributed by atoms with Crippen LogP contribution in [0.3, 0.4) is 0 Å². The molecule has 5 nitrogen and oxygen atoms in total. The predicted molar refractivity (Wildman–Crippen MR) is 82.3 cm³/mol. The average molecular weight is 293 g/mol. The van der Waals surface area contributed by atoms with Gasteiger partial charge in [0.05, 0.1) is 11.8 Å². The van der Waals surface area contributed by atoms with Crippen molar-refractivity contribution in [3.8, 4) is 5.88 Å². The highest BCUT2D eigenvalue weighted by Gasteiger charge is 2.23. The first kappa shape index (κ1) is 16.2. The molecule has 0 radical (unpaired) electrons. The molecule has 2 unspecified atom stereocenters. The molecular formula is C16H27N3O2. The molecule has 2 rings (SSSR count). The second-order valence-corrected chi connectivity index (χ2v) is 6.15. The minimum atomic E-state index is 0.197. The molecule has 1 aromatic rings. The standard InChI is InChI=1S/C16H27N3O2/c1-12(2)10-17-11-13-7-8-16(19-18-13)21-15-6-4-5-14(9-15)20-3/h7-8,12,14-15,17H,4-6,9-11H2,1-3H3. The van der Waals surface area contributed by atoms with Crippen LogP contribution >= 0.6 is 0 Å². The quantitative estimate of drug-likeness (QED) is 0.837. The van der Waals surface area contributed by atoms with Crippen LogP contribution in [0.25, 0.3) is 0 Å². The number of aromatic nitrogens is 2. The maximum Gasteiger partial charge on any atom is 0.233 e. The lowest BCUT2D eigenvalue weighted by atomic mass is 9.95. The van der Waals surface area contributed by atoms with Gasteiger partial charge in [0, 0.05) is 26.1 Å². The summed E-state index contributed by atoms with van der Waals surface area (Å²) in [6, 6.07) is 3.89. The number of nitrogens with one attached hydrogen (secondary N) is 1. The Hall–Kier alpha value is -1.20. The molecule has 1 aromatic heterocycles. The van der Waals surface area contributed by atoms with E-state index in [1.807, 2.05) is 12.1 Å². The second kappa shape index (κ2) is 8.29. The fraction of sp³-hybridized carbons (Fsp3) is 0.750. The number of rotatable bonds is 7. The molecule has 1 N–H and O–H groups in total. The lowest BCUT2D eigenvalue weighted by Gasteiger charge is -2.28. The van der Waals surface area contributed by atoms with E-state index in [-0.39, 0.29) is 6.10 Å². The zero-order chi connectivity index (χ0) is 15.1. The summed E-state index contributed by atoms with van der Waals surface area (Å²) >= 11 is 0. The summed E-state index contributed by atoms with van der Waals surface area (Å²) in [7, 11) is 1.77. The maximum atomic E-state index is 5.91. The summed E-state index contributed by atoms with van der Waals surface area (Å²) in [5, 5.41) is 11.7. The highest BCUT2D eigenvalue weighted by molar-refractivity contribution is 5.12. The molecule has 0 aliphatic heterocycles. The summed E-state index contributed by atoms with van der Waals surface area (Å²) in [5.41, 5.74) is 0.946. The van der Waals surface area contributed by atoms with Crippen molar-refractivity contribution in [3.05, 3.63) is 17.8 Å². The Morgan fingerprint density at radius 1 is 1.24 bits per heavy atom. The molecule has 21 heavy (non-hydrogen) atoms. The van der Waals surface area contributed by atoms with E-state index in [4.69, 9.17) is 9.47 Å². The third kappa shape index (κ3) is 5.59. The summed E-state index contributed by atoms with van der Waals surface area (Å²) in [4.78, 5) is 0. The first-order chi connectivity index (χ1) is 10.2. The molecule has 0 spiro atoms. The van der Waals surface area contributed by atoms with Crippen LogP contribution < -0.4 is 10.1 Å². The Morgan fingerprint density at radius 2 is 2.05 bits per heavy atom. The topological polar surface area (TPSA) is 56.3 Å². The molecule has 1 saturated carbocycles. The number of ether oxygens (including phenoxy) is 2. The third-order valence-electron chi connectivity index (χ3n) is 3.75. The van der Waals surface area contributed by atoms with Gasteiger partial charge in [-0.1, -0.05) is 13.8 Å².